The van der Waals surface area contributed by atoms with Crippen molar-refractivity contribution in [3.05, 3.63) is 0 Å². The zero-order valence-corrected chi connectivity index (χ0v) is 11.1. The maximum absolute atomic E-state index is 12.1. The highest BCUT2D eigenvalue weighted by Crippen LogP contribution is 2.07. The van der Waals surface area contributed by atoms with E-state index in [1.54, 1.807) is 39.9 Å². The largest absolute Gasteiger partial charge is 0.347 e. The number of rotatable bonds is 5. The molecule has 0 aromatic heterocycles. The third-order valence-electron chi connectivity index (χ3n) is 2.65. The molecule has 16 heavy (non-hydrogen) atoms. The van der Waals surface area contributed by atoms with E-state index in [-0.39, 0.29) is 18.4 Å². The Bertz CT molecular complexity index is 262. The molecule has 0 aliphatic rings. The van der Waals surface area contributed by atoms with Crippen LogP contribution < -0.4 is 5.32 Å². The quantitative estimate of drug-likeness (QED) is 0.717. The summed E-state index contributed by atoms with van der Waals surface area (Å²) in [6, 6.07) is 0. The number of carbonyl (C=O) groups is 2. The van der Waals surface area contributed by atoms with Crippen LogP contribution >= 0.6 is 0 Å². The van der Waals surface area contributed by atoms with Crippen LogP contribution in [0.1, 0.15) is 20.8 Å². The van der Waals surface area contributed by atoms with Crippen molar-refractivity contribution in [3.8, 4) is 0 Å². The molecule has 0 fully saturated rings. The normalized spacial score (nSPS) is 11.1. The van der Waals surface area contributed by atoms with Gasteiger partial charge in [0, 0.05) is 20.6 Å². The van der Waals surface area contributed by atoms with Crippen molar-refractivity contribution >= 4 is 11.8 Å². The molecule has 5 nitrogen and oxygen atoms in total. The molecule has 0 unspecified atom stereocenters. The van der Waals surface area contributed by atoms with Gasteiger partial charge in [-0.2, -0.15) is 0 Å². The SMILES string of the molecule is CCN(CC(=O)N(C)C)C(=O)C(C)(C)NC. The fourth-order valence-corrected chi connectivity index (χ4v) is 1.13. The summed E-state index contributed by atoms with van der Waals surface area (Å²) in [5.41, 5.74) is -0.636. The van der Waals surface area contributed by atoms with Gasteiger partial charge in [0.05, 0.1) is 12.1 Å². The Morgan fingerprint density at radius 1 is 1.25 bits per heavy atom. The molecule has 94 valence electrons. The number of amides is 2. The first-order valence-electron chi connectivity index (χ1n) is 5.44. The second-order valence-electron chi connectivity index (χ2n) is 4.48. The summed E-state index contributed by atoms with van der Waals surface area (Å²) >= 11 is 0. The first-order valence-corrected chi connectivity index (χ1v) is 5.44. The van der Waals surface area contributed by atoms with Crippen molar-refractivity contribution in [1.82, 2.24) is 15.1 Å². The highest BCUT2D eigenvalue weighted by atomic mass is 16.2. The fourth-order valence-electron chi connectivity index (χ4n) is 1.13. The van der Waals surface area contributed by atoms with Crippen molar-refractivity contribution in [3.63, 3.8) is 0 Å². The highest BCUT2D eigenvalue weighted by molar-refractivity contribution is 5.89. The molecular weight excluding hydrogens is 206 g/mol. The molecular formula is C11H23N3O2. The first kappa shape index (κ1) is 14.9. The summed E-state index contributed by atoms with van der Waals surface area (Å²) in [6.45, 7) is 6.14. The molecule has 0 atom stereocenters. The van der Waals surface area contributed by atoms with E-state index in [1.165, 1.54) is 4.90 Å². The Morgan fingerprint density at radius 2 is 1.75 bits per heavy atom. The predicted octanol–water partition coefficient (Wildman–Crippen LogP) is -0.0789. The third kappa shape index (κ3) is 3.81. The lowest BCUT2D eigenvalue weighted by atomic mass is 10.0. The molecule has 0 bridgehead atoms. The van der Waals surface area contributed by atoms with Crippen LogP contribution in [0.3, 0.4) is 0 Å². The van der Waals surface area contributed by atoms with Gasteiger partial charge in [-0.05, 0) is 27.8 Å². The Morgan fingerprint density at radius 3 is 2.06 bits per heavy atom. The lowest BCUT2D eigenvalue weighted by Crippen LogP contribution is -2.54. The van der Waals surface area contributed by atoms with Gasteiger partial charge in [-0.3, -0.25) is 9.59 Å². The summed E-state index contributed by atoms with van der Waals surface area (Å²) in [7, 11) is 5.10. The minimum absolute atomic E-state index is 0.0623. The van der Waals surface area contributed by atoms with Crippen LogP contribution in [0.25, 0.3) is 0 Å². The summed E-state index contributed by atoms with van der Waals surface area (Å²) in [5.74, 6) is -0.130. The van der Waals surface area contributed by atoms with Crippen LogP contribution in [0.5, 0.6) is 0 Å². The standard InChI is InChI=1S/C11H23N3O2/c1-7-14(8-9(15)13(5)6)10(16)11(2,3)12-4/h12H,7-8H2,1-6H3. The molecule has 5 heteroatoms. The van der Waals surface area contributed by atoms with E-state index >= 15 is 0 Å². The molecule has 0 spiro atoms. The Balaban J connectivity index is 4.63. The number of hydrogen-bond acceptors (Lipinski definition) is 3. The molecule has 0 saturated heterocycles. The highest BCUT2D eigenvalue weighted by Gasteiger charge is 2.30. The van der Waals surface area contributed by atoms with Gasteiger partial charge in [0.2, 0.25) is 11.8 Å². The van der Waals surface area contributed by atoms with Crippen molar-refractivity contribution in [2.45, 2.75) is 26.3 Å². The topological polar surface area (TPSA) is 52.7 Å². The maximum atomic E-state index is 12.1. The first-order chi connectivity index (χ1) is 7.26. The minimum atomic E-state index is -0.636. The molecule has 1 N–H and O–H groups in total. The van der Waals surface area contributed by atoms with E-state index in [9.17, 15) is 9.59 Å². The monoisotopic (exact) mass is 229 g/mol. The number of likely N-dealkylation sites (N-methyl/N-ethyl adjacent to an activating group) is 3. The Hall–Kier alpha value is -1.10. The minimum Gasteiger partial charge on any atom is -0.347 e. The summed E-state index contributed by atoms with van der Waals surface area (Å²) in [5, 5.41) is 2.94. The van der Waals surface area contributed by atoms with Crippen molar-refractivity contribution in [2.75, 3.05) is 34.2 Å². The van der Waals surface area contributed by atoms with Gasteiger partial charge in [0.15, 0.2) is 0 Å². The molecule has 0 aromatic rings. The van der Waals surface area contributed by atoms with Crippen LogP contribution in [0.2, 0.25) is 0 Å². The predicted molar refractivity (Wildman–Crippen MR) is 64.1 cm³/mol. The smallest absolute Gasteiger partial charge is 0.242 e. The average Bonchev–Trinajstić information content (AvgIpc) is 2.24. The molecule has 0 radical (unpaired) electrons. The third-order valence-corrected chi connectivity index (χ3v) is 2.65. The van der Waals surface area contributed by atoms with Crippen LogP contribution in [0, 0.1) is 0 Å². The van der Waals surface area contributed by atoms with E-state index < -0.39 is 5.54 Å². The van der Waals surface area contributed by atoms with Crippen molar-refractivity contribution < 1.29 is 9.59 Å². The molecule has 0 aromatic carbocycles. The number of hydrogen-bond donors (Lipinski definition) is 1. The van der Waals surface area contributed by atoms with E-state index in [1.807, 2.05) is 6.92 Å². The second-order valence-corrected chi connectivity index (χ2v) is 4.48. The van der Waals surface area contributed by atoms with Crippen molar-refractivity contribution in [2.24, 2.45) is 0 Å². The average molecular weight is 229 g/mol. The fraction of sp³-hybridized carbons (Fsp3) is 0.818. The van der Waals surface area contributed by atoms with E-state index in [4.69, 9.17) is 0 Å². The van der Waals surface area contributed by atoms with Gasteiger partial charge in [0.25, 0.3) is 0 Å². The van der Waals surface area contributed by atoms with Crippen LogP contribution in [0.4, 0.5) is 0 Å². The molecule has 0 aliphatic carbocycles. The Kier molecular flexibility index (Phi) is 5.44. The molecule has 2 amide bonds. The summed E-state index contributed by atoms with van der Waals surface area (Å²) in [4.78, 5) is 26.7. The van der Waals surface area contributed by atoms with E-state index in [0.717, 1.165) is 0 Å². The second kappa shape index (κ2) is 5.84. The lowest BCUT2D eigenvalue weighted by molar-refractivity contribution is -0.142. The molecule has 0 rings (SSSR count). The maximum Gasteiger partial charge on any atom is 0.242 e. The van der Waals surface area contributed by atoms with Gasteiger partial charge in [0.1, 0.15) is 0 Å². The summed E-state index contributed by atoms with van der Waals surface area (Å²) in [6.07, 6.45) is 0. The molecule has 0 aliphatic heterocycles. The van der Waals surface area contributed by atoms with Crippen LogP contribution in [0.15, 0.2) is 0 Å². The van der Waals surface area contributed by atoms with Gasteiger partial charge >= 0.3 is 0 Å². The summed E-state index contributed by atoms with van der Waals surface area (Å²) < 4.78 is 0. The van der Waals surface area contributed by atoms with Crippen LogP contribution in [-0.4, -0.2) is 61.4 Å². The van der Waals surface area contributed by atoms with E-state index in [2.05, 4.69) is 5.32 Å². The van der Waals surface area contributed by atoms with Gasteiger partial charge in [-0.1, -0.05) is 0 Å². The number of carbonyl (C=O) groups excluding carboxylic acids is 2. The van der Waals surface area contributed by atoms with Gasteiger partial charge < -0.3 is 15.1 Å². The molecule has 0 saturated carbocycles. The van der Waals surface area contributed by atoms with Gasteiger partial charge in [-0.15, -0.1) is 0 Å². The Labute approximate surface area is 97.8 Å². The van der Waals surface area contributed by atoms with Crippen LogP contribution in [-0.2, 0) is 9.59 Å². The van der Waals surface area contributed by atoms with Crippen molar-refractivity contribution in [1.29, 1.82) is 0 Å². The zero-order chi connectivity index (χ0) is 12.9. The molecule has 0 heterocycles. The lowest BCUT2D eigenvalue weighted by Gasteiger charge is -2.31. The number of nitrogens with one attached hydrogen (secondary N) is 1. The number of nitrogens with zero attached hydrogens (tertiary/aromatic N) is 2. The zero-order valence-electron chi connectivity index (χ0n) is 11.1. The van der Waals surface area contributed by atoms with Gasteiger partial charge in [-0.25, -0.2) is 0 Å². The van der Waals surface area contributed by atoms with E-state index in [0.29, 0.717) is 6.54 Å².